The summed E-state index contributed by atoms with van der Waals surface area (Å²) in [4.78, 5) is 11.7. The highest BCUT2D eigenvalue weighted by Crippen LogP contribution is 2.17. The minimum absolute atomic E-state index is 0.0436. The van der Waals surface area contributed by atoms with Crippen molar-refractivity contribution in [3.8, 4) is 0 Å². The molecule has 0 amide bonds. The number of halogens is 3. The number of hydrogen-bond donors (Lipinski definition) is 0. The Morgan fingerprint density at radius 1 is 1.05 bits per heavy atom. The SMILES string of the molecule is O=C(OCc1ccc(Cl)cc1)c1cc(Cl)ccc1F. The zero-order valence-electron chi connectivity index (χ0n) is 9.70. The smallest absolute Gasteiger partial charge is 0.341 e. The Labute approximate surface area is 119 Å². The van der Waals surface area contributed by atoms with Crippen LogP contribution in [0.15, 0.2) is 42.5 Å². The molecule has 0 bridgehead atoms. The Bertz CT molecular complexity index is 597. The van der Waals surface area contributed by atoms with E-state index in [2.05, 4.69) is 0 Å². The van der Waals surface area contributed by atoms with Crippen molar-refractivity contribution in [1.29, 1.82) is 0 Å². The molecular weight excluding hydrogens is 290 g/mol. The quantitative estimate of drug-likeness (QED) is 0.781. The maximum absolute atomic E-state index is 13.4. The number of carbonyl (C=O) groups excluding carboxylic acids is 1. The standard InChI is InChI=1S/C14H9Cl2FO2/c15-10-3-1-9(2-4-10)8-19-14(18)12-7-11(16)5-6-13(12)17/h1-7H,8H2. The van der Waals surface area contributed by atoms with Crippen LogP contribution in [0.25, 0.3) is 0 Å². The topological polar surface area (TPSA) is 26.3 Å². The third kappa shape index (κ3) is 3.69. The van der Waals surface area contributed by atoms with Crippen molar-refractivity contribution in [3.63, 3.8) is 0 Å². The van der Waals surface area contributed by atoms with Gasteiger partial charge in [-0.25, -0.2) is 9.18 Å². The third-order valence-electron chi connectivity index (χ3n) is 2.43. The van der Waals surface area contributed by atoms with E-state index < -0.39 is 11.8 Å². The lowest BCUT2D eigenvalue weighted by molar-refractivity contribution is 0.0467. The van der Waals surface area contributed by atoms with Crippen molar-refractivity contribution in [2.45, 2.75) is 6.61 Å². The second-order valence-electron chi connectivity index (χ2n) is 3.83. The van der Waals surface area contributed by atoms with Crippen molar-refractivity contribution in [1.82, 2.24) is 0 Å². The third-order valence-corrected chi connectivity index (χ3v) is 2.92. The van der Waals surface area contributed by atoms with Crippen LogP contribution in [0, 0.1) is 5.82 Å². The van der Waals surface area contributed by atoms with Crippen LogP contribution in [-0.4, -0.2) is 5.97 Å². The summed E-state index contributed by atoms with van der Waals surface area (Å²) >= 11 is 11.4. The molecule has 0 aromatic heterocycles. The van der Waals surface area contributed by atoms with Crippen LogP contribution in [0.3, 0.4) is 0 Å². The fourth-order valence-corrected chi connectivity index (χ4v) is 1.76. The van der Waals surface area contributed by atoms with Gasteiger partial charge >= 0.3 is 5.97 Å². The maximum atomic E-state index is 13.4. The highest BCUT2D eigenvalue weighted by Gasteiger charge is 2.13. The van der Waals surface area contributed by atoms with Crippen LogP contribution >= 0.6 is 23.2 Å². The molecule has 2 nitrogen and oxygen atoms in total. The zero-order valence-corrected chi connectivity index (χ0v) is 11.2. The Morgan fingerprint density at radius 3 is 2.37 bits per heavy atom. The van der Waals surface area contributed by atoms with Crippen LogP contribution in [-0.2, 0) is 11.3 Å². The number of ether oxygens (including phenoxy) is 1. The number of hydrogen-bond acceptors (Lipinski definition) is 2. The second kappa shape index (κ2) is 6.04. The minimum atomic E-state index is -0.755. The number of rotatable bonds is 3. The Kier molecular flexibility index (Phi) is 4.40. The molecule has 0 radical (unpaired) electrons. The van der Waals surface area contributed by atoms with E-state index in [-0.39, 0.29) is 17.2 Å². The van der Waals surface area contributed by atoms with Crippen molar-refractivity contribution >= 4 is 29.2 Å². The molecule has 2 rings (SSSR count). The summed E-state index contributed by atoms with van der Waals surface area (Å²) in [6, 6.07) is 10.6. The van der Waals surface area contributed by atoms with E-state index in [0.29, 0.717) is 5.02 Å². The van der Waals surface area contributed by atoms with Gasteiger partial charge in [0, 0.05) is 10.0 Å². The van der Waals surface area contributed by atoms with Gasteiger partial charge in [0.25, 0.3) is 0 Å². The molecule has 19 heavy (non-hydrogen) atoms. The van der Waals surface area contributed by atoms with E-state index in [1.807, 2.05) is 0 Å². The summed E-state index contributed by atoms with van der Waals surface area (Å²) < 4.78 is 18.4. The Hall–Kier alpha value is -1.58. The molecule has 0 fully saturated rings. The van der Waals surface area contributed by atoms with Crippen LogP contribution < -0.4 is 0 Å². The van der Waals surface area contributed by atoms with Crippen LogP contribution in [0.4, 0.5) is 4.39 Å². The second-order valence-corrected chi connectivity index (χ2v) is 4.70. The average molecular weight is 299 g/mol. The van der Waals surface area contributed by atoms with Gasteiger partial charge in [-0.1, -0.05) is 35.3 Å². The van der Waals surface area contributed by atoms with Gasteiger partial charge in [0.15, 0.2) is 0 Å². The molecule has 0 saturated carbocycles. The molecule has 2 aromatic rings. The summed E-state index contributed by atoms with van der Waals surface area (Å²) in [6.45, 7) is 0.0436. The molecule has 0 saturated heterocycles. The first kappa shape index (κ1) is 13.8. The molecule has 0 aliphatic heterocycles. The van der Waals surface area contributed by atoms with E-state index in [1.165, 1.54) is 12.1 Å². The summed E-state index contributed by atoms with van der Waals surface area (Å²) in [5, 5.41) is 0.871. The van der Waals surface area contributed by atoms with E-state index >= 15 is 0 Å². The van der Waals surface area contributed by atoms with Crippen LogP contribution in [0.2, 0.25) is 10.0 Å². The molecule has 0 spiro atoms. The van der Waals surface area contributed by atoms with Gasteiger partial charge in [-0.3, -0.25) is 0 Å². The number of benzene rings is 2. The molecule has 5 heteroatoms. The van der Waals surface area contributed by atoms with Gasteiger partial charge in [-0.15, -0.1) is 0 Å². The molecule has 0 N–H and O–H groups in total. The van der Waals surface area contributed by atoms with Gasteiger partial charge < -0.3 is 4.74 Å². The fourth-order valence-electron chi connectivity index (χ4n) is 1.46. The first-order chi connectivity index (χ1) is 9.06. The molecule has 0 aliphatic rings. The predicted octanol–water partition coefficient (Wildman–Crippen LogP) is 4.49. The zero-order chi connectivity index (χ0) is 13.8. The summed E-state index contributed by atoms with van der Waals surface area (Å²) in [6.07, 6.45) is 0. The molecule has 0 aliphatic carbocycles. The lowest BCUT2D eigenvalue weighted by Crippen LogP contribution is -2.07. The van der Waals surface area contributed by atoms with Crippen molar-refractivity contribution in [2.24, 2.45) is 0 Å². The lowest BCUT2D eigenvalue weighted by Gasteiger charge is -2.06. The van der Waals surface area contributed by atoms with E-state index in [9.17, 15) is 9.18 Å². The first-order valence-corrected chi connectivity index (χ1v) is 6.18. The van der Waals surface area contributed by atoms with Gasteiger partial charge in [0.2, 0.25) is 0 Å². The fraction of sp³-hybridized carbons (Fsp3) is 0.0714. The van der Waals surface area contributed by atoms with Crippen LogP contribution in [0.1, 0.15) is 15.9 Å². The normalized spacial score (nSPS) is 10.3. The predicted molar refractivity (Wildman–Crippen MR) is 72.0 cm³/mol. The lowest BCUT2D eigenvalue weighted by atomic mass is 10.2. The molecule has 0 unspecified atom stereocenters. The number of carbonyl (C=O) groups is 1. The van der Waals surface area contributed by atoms with Crippen molar-refractivity contribution in [3.05, 3.63) is 69.5 Å². The van der Waals surface area contributed by atoms with Gasteiger partial charge in [0.05, 0.1) is 5.56 Å². The average Bonchev–Trinajstić information content (AvgIpc) is 2.40. The highest BCUT2D eigenvalue weighted by atomic mass is 35.5. The summed E-state index contributed by atoms with van der Waals surface area (Å²) in [5.41, 5.74) is 0.585. The Balaban J connectivity index is 2.05. The minimum Gasteiger partial charge on any atom is -0.457 e. The van der Waals surface area contributed by atoms with Gasteiger partial charge in [-0.2, -0.15) is 0 Å². The highest BCUT2D eigenvalue weighted by molar-refractivity contribution is 6.31. The monoisotopic (exact) mass is 298 g/mol. The molecule has 0 atom stereocenters. The van der Waals surface area contributed by atoms with Crippen molar-refractivity contribution < 1.29 is 13.9 Å². The Morgan fingerprint density at radius 2 is 1.68 bits per heavy atom. The molecule has 98 valence electrons. The molecule has 2 aromatic carbocycles. The summed E-state index contributed by atoms with van der Waals surface area (Å²) in [5.74, 6) is -1.42. The van der Waals surface area contributed by atoms with Gasteiger partial charge in [0.1, 0.15) is 12.4 Å². The largest absolute Gasteiger partial charge is 0.457 e. The molecule has 0 heterocycles. The van der Waals surface area contributed by atoms with E-state index in [0.717, 1.165) is 11.6 Å². The summed E-state index contributed by atoms with van der Waals surface area (Å²) in [7, 11) is 0. The van der Waals surface area contributed by atoms with Crippen LogP contribution in [0.5, 0.6) is 0 Å². The molecular formula is C14H9Cl2FO2. The van der Waals surface area contributed by atoms with E-state index in [4.69, 9.17) is 27.9 Å². The first-order valence-electron chi connectivity index (χ1n) is 5.43. The van der Waals surface area contributed by atoms with Crippen molar-refractivity contribution in [2.75, 3.05) is 0 Å². The number of esters is 1. The van der Waals surface area contributed by atoms with E-state index in [1.54, 1.807) is 24.3 Å². The maximum Gasteiger partial charge on any atom is 0.341 e. The van der Waals surface area contributed by atoms with Gasteiger partial charge in [-0.05, 0) is 35.9 Å².